The molecule has 1 amide bonds. The highest BCUT2D eigenvalue weighted by atomic mass is 16.6. The van der Waals surface area contributed by atoms with E-state index in [1.807, 2.05) is 31.2 Å². The van der Waals surface area contributed by atoms with Gasteiger partial charge in [-0.15, -0.1) is 0 Å². The third-order valence-electron chi connectivity index (χ3n) is 3.73. The quantitative estimate of drug-likeness (QED) is 0.533. The van der Waals surface area contributed by atoms with Gasteiger partial charge in [-0.3, -0.25) is 14.9 Å². The van der Waals surface area contributed by atoms with Crippen LogP contribution in [-0.2, 0) is 0 Å². The van der Waals surface area contributed by atoms with Crippen LogP contribution in [0.4, 0.5) is 5.69 Å². The van der Waals surface area contributed by atoms with Crippen LogP contribution >= 0.6 is 0 Å². The second-order valence-electron chi connectivity index (χ2n) is 5.76. The molecule has 0 radical (unpaired) electrons. The number of aryl methyl sites for hydroxylation is 1. The predicted octanol–water partition coefficient (Wildman–Crippen LogP) is 3.45. The number of likely N-dealkylation sites (N-methyl/N-ethyl adjacent to an activating group) is 1. The number of nitrogens with zero attached hydrogens (tertiary/aromatic N) is 2. The molecule has 0 heterocycles. The Bertz CT molecular complexity index is 791. The van der Waals surface area contributed by atoms with Crippen molar-refractivity contribution in [2.75, 3.05) is 26.8 Å². The summed E-state index contributed by atoms with van der Waals surface area (Å²) in [5, 5.41) is 11.2. The van der Waals surface area contributed by atoms with Crippen LogP contribution in [0.15, 0.2) is 42.5 Å². The van der Waals surface area contributed by atoms with Crippen LogP contribution < -0.4 is 9.47 Å². The summed E-state index contributed by atoms with van der Waals surface area (Å²) >= 11 is 0. The Hall–Kier alpha value is -3.09. The minimum absolute atomic E-state index is 0.152. The van der Waals surface area contributed by atoms with Gasteiger partial charge in [0.15, 0.2) is 5.75 Å². The van der Waals surface area contributed by atoms with Crippen molar-refractivity contribution in [3.05, 3.63) is 63.7 Å². The lowest BCUT2D eigenvalue weighted by atomic mass is 10.1. The van der Waals surface area contributed by atoms with Crippen LogP contribution in [0, 0.1) is 17.0 Å². The molecule has 0 unspecified atom stereocenters. The molecule has 2 rings (SSSR count). The fourth-order valence-corrected chi connectivity index (χ4v) is 2.40. The van der Waals surface area contributed by atoms with E-state index in [4.69, 9.17) is 9.47 Å². The van der Waals surface area contributed by atoms with Crippen LogP contribution in [0.25, 0.3) is 0 Å². The van der Waals surface area contributed by atoms with Crippen LogP contribution in [0.5, 0.6) is 11.5 Å². The Kier molecular flexibility index (Phi) is 6.54. The molecule has 0 saturated carbocycles. The number of rotatable bonds is 8. The third-order valence-corrected chi connectivity index (χ3v) is 3.73. The van der Waals surface area contributed by atoms with E-state index in [-0.39, 0.29) is 22.9 Å². The lowest BCUT2D eigenvalue weighted by molar-refractivity contribution is -0.385. The maximum absolute atomic E-state index is 12.5. The molecule has 2 aromatic rings. The Morgan fingerprint density at radius 3 is 2.62 bits per heavy atom. The standard InChI is InChI=1S/C19H22N2O5/c1-4-25-18-9-8-15(13-17(18)21(23)24)19(22)20(3)10-11-26-16-7-5-6-14(2)12-16/h5-9,12-13H,4,10-11H2,1-3H3. The fourth-order valence-electron chi connectivity index (χ4n) is 2.40. The lowest BCUT2D eigenvalue weighted by Crippen LogP contribution is -2.30. The van der Waals surface area contributed by atoms with Crippen molar-refractivity contribution in [2.24, 2.45) is 0 Å². The molecule has 0 saturated heterocycles. The second-order valence-corrected chi connectivity index (χ2v) is 5.76. The topological polar surface area (TPSA) is 81.9 Å². The normalized spacial score (nSPS) is 10.3. The molecule has 2 aromatic carbocycles. The molecular formula is C19H22N2O5. The molecule has 0 spiro atoms. The smallest absolute Gasteiger partial charge is 0.311 e. The van der Waals surface area contributed by atoms with Gasteiger partial charge in [-0.2, -0.15) is 0 Å². The number of nitro benzene ring substituents is 1. The Morgan fingerprint density at radius 2 is 1.96 bits per heavy atom. The monoisotopic (exact) mass is 358 g/mol. The minimum Gasteiger partial charge on any atom is -0.492 e. The summed E-state index contributed by atoms with van der Waals surface area (Å²) in [5.74, 6) is 0.575. The maximum atomic E-state index is 12.5. The molecule has 0 N–H and O–H groups in total. The molecule has 7 heteroatoms. The zero-order valence-corrected chi connectivity index (χ0v) is 15.1. The highest BCUT2D eigenvalue weighted by Crippen LogP contribution is 2.28. The van der Waals surface area contributed by atoms with Gasteiger partial charge in [0.25, 0.3) is 5.91 Å². The summed E-state index contributed by atoms with van der Waals surface area (Å²) in [7, 11) is 1.63. The minimum atomic E-state index is -0.553. The molecule has 0 aromatic heterocycles. The number of carbonyl (C=O) groups excluding carboxylic acids is 1. The largest absolute Gasteiger partial charge is 0.492 e. The van der Waals surface area contributed by atoms with Crippen LogP contribution in [-0.4, -0.2) is 42.5 Å². The number of hydrogen-bond donors (Lipinski definition) is 0. The highest BCUT2D eigenvalue weighted by molar-refractivity contribution is 5.95. The van der Waals surface area contributed by atoms with Gasteiger partial charge in [0.1, 0.15) is 12.4 Å². The van der Waals surface area contributed by atoms with Crippen molar-refractivity contribution in [1.82, 2.24) is 4.90 Å². The first kappa shape index (κ1) is 19.2. The predicted molar refractivity (Wildman–Crippen MR) is 97.9 cm³/mol. The van der Waals surface area contributed by atoms with Crippen molar-refractivity contribution in [2.45, 2.75) is 13.8 Å². The van der Waals surface area contributed by atoms with Crippen molar-refractivity contribution >= 4 is 11.6 Å². The molecule has 0 aliphatic carbocycles. The van der Waals surface area contributed by atoms with Crippen molar-refractivity contribution in [3.8, 4) is 11.5 Å². The van der Waals surface area contributed by atoms with Gasteiger partial charge in [-0.05, 0) is 43.7 Å². The maximum Gasteiger partial charge on any atom is 0.311 e. The van der Waals surface area contributed by atoms with Gasteiger partial charge in [0.2, 0.25) is 0 Å². The third kappa shape index (κ3) is 4.95. The van der Waals surface area contributed by atoms with Gasteiger partial charge in [0.05, 0.1) is 18.1 Å². The van der Waals surface area contributed by atoms with E-state index in [1.165, 1.54) is 23.1 Å². The van der Waals surface area contributed by atoms with Crippen LogP contribution in [0.2, 0.25) is 0 Å². The second kappa shape index (κ2) is 8.84. The molecule has 0 fully saturated rings. The van der Waals surface area contributed by atoms with Gasteiger partial charge < -0.3 is 14.4 Å². The Balaban J connectivity index is 2.01. The van der Waals surface area contributed by atoms with E-state index in [2.05, 4.69) is 0 Å². The summed E-state index contributed by atoms with van der Waals surface area (Å²) in [4.78, 5) is 24.6. The lowest BCUT2D eigenvalue weighted by Gasteiger charge is -2.18. The first-order valence-electron chi connectivity index (χ1n) is 8.28. The Labute approximate surface area is 152 Å². The van der Waals surface area contributed by atoms with E-state index in [0.717, 1.165) is 11.3 Å². The van der Waals surface area contributed by atoms with Crippen molar-refractivity contribution in [1.29, 1.82) is 0 Å². The highest BCUT2D eigenvalue weighted by Gasteiger charge is 2.20. The first-order chi connectivity index (χ1) is 12.4. The fraction of sp³-hybridized carbons (Fsp3) is 0.316. The summed E-state index contributed by atoms with van der Waals surface area (Å²) in [5.41, 5.74) is 1.11. The average molecular weight is 358 g/mol. The summed E-state index contributed by atoms with van der Waals surface area (Å²) in [6.45, 7) is 4.70. The molecule has 0 aliphatic rings. The Morgan fingerprint density at radius 1 is 1.19 bits per heavy atom. The summed E-state index contributed by atoms with van der Waals surface area (Å²) < 4.78 is 10.9. The summed E-state index contributed by atoms with van der Waals surface area (Å²) in [6.07, 6.45) is 0. The molecular weight excluding hydrogens is 336 g/mol. The average Bonchev–Trinajstić information content (AvgIpc) is 2.61. The number of nitro groups is 1. The molecule has 0 atom stereocenters. The number of amides is 1. The van der Waals surface area contributed by atoms with Gasteiger partial charge in [-0.25, -0.2) is 0 Å². The molecule has 0 bridgehead atoms. The van der Waals surface area contributed by atoms with E-state index in [1.54, 1.807) is 14.0 Å². The molecule has 7 nitrogen and oxygen atoms in total. The van der Waals surface area contributed by atoms with E-state index >= 15 is 0 Å². The SMILES string of the molecule is CCOc1ccc(C(=O)N(C)CCOc2cccc(C)c2)cc1[N+](=O)[O-]. The zero-order chi connectivity index (χ0) is 19.1. The number of benzene rings is 2. The van der Waals surface area contributed by atoms with E-state index in [0.29, 0.717) is 19.8 Å². The molecule has 138 valence electrons. The zero-order valence-electron chi connectivity index (χ0n) is 15.1. The van der Waals surface area contributed by atoms with Crippen molar-refractivity contribution < 1.29 is 19.2 Å². The molecule has 26 heavy (non-hydrogen) atoms. The van der Waals surface area contributed by atoms with Gasteiger partial charge in [-0.1, -0.05) is 12.1 Å². The van der Waals surface area contributed by atoms with E-state index < -0.39 is 4.92 Å². The van der Waals surface area contributed by atoms with Crippen LogP contribution in [0.3, 0.4) is 0 Å². The molecule has 0 aliphatic heterocycles. The van der Waals surface area contributed by atoms with E-state index in [9.17, 15) is 14.9 Å². The first-order valence-corrected chi connectivity index (χ1v) is 8.28. The van der Waals surface area contributed by atoms with Crippen molar-refractivity contribution in [3.63, 3.8) is 0 Å². The van der Waals surface area contributed by atoms with Gasteiger partial charge in [0, 0.05) is 18.7 Å². The van der Waals surface area contributed by atoms with Crippen LogP contribution in [0.1, 0.15) is 22.8 Å². The number of hydrogen-bond acceptors (Lipinski definition) is 5. The summed E-state index contributed by atoms with van der Waals surface area (Å²) in [6, 6.07) is 11.9. The number of carbonyl (C=O) groups is 1. The van der Waals surface area contributed by atoms with Gasteiger partial charge >= 0.3 is 5.69 Å². The number of ether oxygens (including phenoxy) is 2.